The molecule has 0 aliphatic carbocycles. The quantitative estimate of drug-likeness (QED) is 0.0885. The third-order valence-corrected chi connectivity index (χ3v) is 8.41. The lowest BCUT2D eigenvalue weighted by molar-refractivity contribution is -0.941. The van der Waals surface area contributed by atoms with Crippen molar-refractivity contribution in [3.63, 3.8) is 0 Å². The maximum absolute atomic E-state index is 6.59. The highest BCUT2D eigenvalue weighted by molar-refractivity contribution is 5.73. The van der Waals surface area contributed by atoms with Gasteiger partial charge in [-0.25, -0.2) is 0 Å². The van der Waals surface area contributed by atoms with Crippen LogP contribution in [0.2, 0.25) is 0 Å². The van der Waals surface area contributed by atoms with Crippen LogP contribution in [0.4, 0.5) is 0 Å². The number of ether oxygens (including phenoxy) is 2. The second-order valence-corrected chi connectivity index (χ2v) is 11.5. The molecule has 0 aromatic heterocycles. The van der Waals surface area contributed by atoms with Gasteiger partial charge in [0.2, 0.25) is 0 Å². The molecule has 3 nitrogen and oxygen atoms in total. The van der Waals surface area contributed by atoms with E-state index in [-0.39, 0.29) is 5.92 Å². The van der Waals surface area contributed by atoms with Gasteiger partial charge in [0, 0.05) is 22.6 Å². The van der Waals surface area contributed by atoms with Crippen molar-refractivity contribution in [1.82, 2.24) is 0 Å². The predicted octanol–water partition coefficient (Wildman–Crippen LogP) is 9.52. The van der Waals surface area contributed by atoms with Gasteiger partial charge in [0.25, 0.3) is 0 Å². The number of rotatable bonds is 18. The van der Waals surface area contributed by atoms with E-state index in [0.717, 1.165) is 35.5 Å². The average molecular weight is 565 g/mol. The summed E-state index contributed by atoms with van der Waals surface area (Å²) in [6.45, 7) is 13.2. The van der Waals surface area contributed by atoms with Crippen LogP contribution in [0.5, 0.6) is 5.75 Å². The summed E-state index contributed by atoms with van der Waals surface area (Å²) < 4.78 is 14.0. The van der Waals surface area contributed by atoms with Gasteiger partial charge in [-0.05, 0) is 24.0 Å². The zero-order chi connectivity index (χ0) is 29.5. The Labute approximate surface area is 254 Å². The maximum atomic E-state index is 6.59. The first-order chi connectivity index (χ1) is 20.7. The van der Waals surface area contributed by atoms with Gasteiger partial charge in [-0.1, -0.05) is 143 Å². The highest BCUT2D eigenvalue weighted by atomic mass is 16.5. The molecule has 0 radical (unpaired) electrons. The van der Waals surface area contributed by atoms with Crippen molar-refractivity contribution in [1.29, 1.82) is 0 Å². The number of hydrogen-bond donors (Lipinski definition) is 0. The molecule has 222 valence electrons. The molecule has 0 saturated carbocycles. The topological polar surface area (TPSA) is 18.5 Å². The Morgan fingerprint density at radius 1 is 0.619 bits per heavy atom. The number of unbranched alkanes of at least 4 members (excludes halogenated alkanes) is 2. The summed E-state index contributed by atoms with van der Waals surface area (Å²) in [5.74, 6) is 1.18. The molecular formula is C39H50NO2+. The molecule has 0 saturated heterocycles. The molecule has 0 spiro atoms. The second-order valence-electron chi connectivity index (χ2n) is 11.5. The standard InChI is InChI=1S/C39H50NO2/c1-4-6-26-40(27-7-5-2,32-34-18-11-8-12-19-34)28-29-41-30-31-42-39-37(33(3)35-20-13-9-14-21-35)24-17-25-38(39)36-22-15-10-16-23-36/h8-25,33H,4-7,26-32H2,1-3H3/q+1/t33-/m0/s1. The van der Waals surface area contributed by atoms with E-state index in [2.05, 4.69) is 130 Å². The van der Waals surface area contributed by atoms with Crippen molar-refractivity contribution in [3.05, 3.63) is 126 Å². The normalized spacial score (nSPS) is 12.3. The Kier molecular flexibility index (Phi) is 12.7. The van der Waals surface area contributed by atoms with Gasteiger partial charge >= 0.3 is 0 Å². The minimum Gasteiger partial charge on any atom is -0.490 e. The largest absolute Gasteiger partial charge is 0.490 e. The van der Waals surface area contributed by atoms with Gasteiger partial charge in [-0.15, -0.1) is 0 Å². The lowest BCUT2D eigenvalue weighted by Gasteiger charge is -2.39. The van der Waals surface area contributed by atoms with Crippen molar-refractivity contribution >= 4 is 0 Å². The molecule has 4 rings (SSSR count). The zero-order valence-corrected chi connectivity index (χ0v) is 26.0. The summed E-state index contributed by atoms with van der Waals surface area (Å²) in [4.78, 5) is 0. The predicted molar refractivity (Wildman–Crippen MR) is 177 cm³/mol. The van der Waals surface area contributed by atoms with E-state index in [1.807, 2.05) is 0 Å². The molecule has 42 heavy (non-hydrogen) atoms. The Morgan fingerprint density at radius 3 is 1.88 bits per heavy atom. The fourth-order valence-corrected chi connectivity index (χ4v) is 5.92. The van der Waals surface area contributed by atoms with Crippen LogP contribution in [0.1, 0.15) is 69.1 Å². The van der Waals surface area contributed by atoms with Gasteiger partial charge in [-0.2, -0.15) is 0 Å². The van der Waals surface area contributed by atoms with Gasteiger partial charge in [-0.3, -0.25) is 0 Å². The summed E-state index contributed by atoms with van der Waals surface area (Å²) in [7, 11) is 0. The highest BCUT2D eigenvalue weighted by Crippen LogP contribution is 2.39. The van der Waals surface area contributed by atoms with Gasteiger partial charge in [0.1, 0.15) is 25.4 Å². The fraction of sp³-hybridized carbons (Fsp3) is 0.385. The zero-order valence-electron chi connectivity index (χ0n) is 26.0. The smallest absolute Gasteiger partial charge is 0.131 e. The van der Waals surface area contributed by atoms with Crippen LogP contribution in [0.3, 0.4) is 0 Å². The van der Waals surface area contributed by atoms with Crippen LogP contribution in [0, 0.1) is 0 Å². The SMILES string of the molecule is CCCC[N+](CCCC)(CCOCCOc1c(-c2ccccc2)cccc1[C@@H](C)c1ccccc1)Cc1ccccc1. The van der Waals surface area contributed by atoms with E-state index in [9.17, 15) is 0 Å². The van der Waals surface area contributed by atoms with Crippen molar-refractivity contribution < 1.29 is 14.0 Å². The molecule has 0 bridgehead atoms. The first kappa shape index (κ1) is 31.5. The summed E-state index contributed by atoms with van der Waals surface area (Å²) >= 11 is 0. The summed E-state index contributed by atoms with van der Waals surface area (Å²) in [5.41, 5.74) is 6.22. The van der Waals surface area contributed by atoms with E-state index in [1.54, 1.807) is 0 Å². The van der Waals surface area contributed by atoms with E-state index in [4.69, 9.17) is 9.47 Å². The van der Waals surface area contributed by atoms with Crippen LogP contribution in [0.15, 0.2) is 109 Å². The van der Waals surface area contributed by atoms with E-state index < -0.39 is 0 Å². The van der Waals surface area contributed by atoms with Crippen LogP contribution in [0.25, 0.3) is 11.1 Å². The van der Waals surface area contributed by atoms with Crippen molar-refractivity contribution in [2.45, 2.75) is 58.9 Å². The Hall–Kier alpha value is -3.40. The molecule has 3 heteroatoms. The van der Waals surface area contributed by atoms with Crippen LogP contribution in [-0.4, -0.2) is 43.9 Å². The molecule has 0 aliphatic rings. The molecule has 0 amide bonds. The number of benzene rings is 4. The van der Waals surface area contributed by atoms with Crippen molar-refractivity contribution in [2.24, 2.45) is 0 Å². The van der Waals surface area contributed by atoms with E-state index >= 15 is 0 Å². The van der Waals surface area contributed by atoms with E-state index in [1.165, 1.54) is 61.0 Å². The molecule has 0 aliphatic heterocycles. The molecule has 0 unspecified atom stereocenters. The van der Waals surface area contributed by atoms with Crippen LogP contribution in [-0.2, 0) is 11.3 Å². The van der Waals surface area contributed by atoms with Gasteiger partial charge < -0.3 is 14.0 Å². The van der Waals surface area contributed by atoms with Crippen LogP contribution < -0.4 is 4.74 Å². The minimum atomic E-state index is 0.221. The van der Waals surface area contributed by atoms with Gasteiger partial charge in [0.05, 0.1) is 26.3 Å². The monoisotopic (exact) mass is 564 g/mol. The third kappa shape index (κ3) is 9.05. The molecule has 4 aromatic rings. The fourth-order valence-electron chi connectivity index (χ4n) is 5.92. The minimum absolute atomic E-state index is 0.221. The molecule has 4 aromatic carbocycles. The number of quaternary nitrogens is 1. The Bertz CT molecular complexity index is 1280. The Morgan fingerprint density at radius 2 is 1.24 bits per heavy atom. The third-order valence-electron chi connectivity index (χ3n) is 8.41. The molecule has 1 atom stereocenters. The molecule has 0 heterocycles. The van der Waals surface area contributed by atoms with Gasteiger partial charge in [0.15, 0.2) is 0 Å². The Balaban J connectivity index is 1.43. The number of hydrogen-bond acceptors (Lipinski definition) is 2. The first-order valence-electron chi connectivity index (χ1n) is 16.0. The number of para-hydroxylation sites is 1. The first-order valence-corrected chi connectivity index (χ1v) is 16.0. The summed E-state index contributed by atoms with van der Waals surface area (Å²) in [6.07, 6.45) is 4.94. The lowest BCUT2D eigenvalue weighted by atomic mass is 9.89. The number of nitrogens with zero attached hydrogens (tertiary/aromatic N) is 1. The molecule has 0 N–H and O–H groups in total. The highest BCUT2D eigenvalue weighted by Gasteiger charge is 2.27. The molecular weight excluding hydrogens is 514 g/mol. The molecule has 0 fully saturated rings. The lowest BCUT2D eigenvalue weighted by Crippen LogP contribution is -2.50. The van der Waals surface area contributed by atoms with E-state index in [0.29, 0.717) is 13.2 Å². The maximum Gasteiger partial charge on any atom is 0.131 e. The average Bonchev–Trinajstić information content (AvgIpc) is 3.05. The van der Waals surface area contributed by atoms with Crippen molar-refractivity contribution in [3.8, 4) is 16.9 Å². The summed E-state index contributed by atoms with van der Waals surface area (Å²) in [5, 5.41) is 0. The summed E-state index contributed by atoms with van der Waals surface area (Å²) in [6, 6.07) is 38.8. The van der Waals surface area contributed by atoms with Crippen LogP contribution >= 0.6 is 0 Å². The van der Waals surface area contributed by atoms with Crippen molar-refractivity contribution in [2.75, 3.05) is 39.5 Å². The second kappa shape index (κ2) is 16.9.